The Labute approximate surface area is 172 Å². The maximum Gasteiger partial charge on any atom is 0.224 e. The predicted octanol–water partition coefficient (Wildman–Crippen LogP) is 4.89. The van der Waals surface area contributed by atoms with Crippen LogP contribution in [0.3, 0.4) is 0 Å². The molecule has 0 saturated heterocycles. The fraction of sp³-hybridized carbons (Fsp3) is 0.333. The van der Waals surface area contributed by atoms with Crippen LogP contribution in [0.25, 0.3) is 10.2 Å². The summed E-state index contributed by atoms with van der Waals surface area (Å²) >= 11 is 3.24. The third-order valence-electron chi connectivity index (χ3n) is 4.77. The van der Waals surface area contributed by atoms with Gasteiger partial charge in [-0.15, -0.1) is 11.3 Å². The van der Waals surface area contributed by atoms with Gasteiger partial charge in [0, 0.05) is 27.9 Å². The van der Waals surface area contributed by atoms with Crippen LogP contribution in [0.4, 0.5) is 5.69 Å². The van der Waals surface area contributed by atoms with Gasteiger partial charge in [0.1, 0.15) is 16.2 Å². The first-order chi connectivity index (χ1) is 13.7. The molecule has 1 aromatic carbocycles. The second-order valence-electron chi connectivity index (χ2n) is 6.80. The maximum absolute atomic E-state index is 12.6. The molecule has 0 aliphatic heterocycles. The van der Waals surface area contributed by atoms with E-state index >= 15 is 0 Å². The van der Waals surface area contributed by atoms with Crippen molar-refractivity contribution in [2.45, 2.75) is 44.1 Å². The molecule has 5 nitrogen and oxygen atoms in total. The lowest BCUT2D eigenvalue weighted by atomic mass is 10.1. The lowest BCUT2D eigenvalue weighted by Crippen LogP contribution is -2.10. The Morgan fingerprint density at radius 3 is 2.79 bits per heavy atom. The second-order valence-corrected chi connectivity index (χ2v) is 8.85. The van der Waals surface area contributed by atoms with Gasteiger partial charge in [-0.25, -0.2) is 9.97 Å². The van der Waals surface area contributed by atoms with Crippen molar-refractivity contribution >= 4 is 50.7 Å². The summed E-state index contributed by atoms with van der Waals surface area (Å²) in [5, 5.41) is 4.89. The van der Waals surface area contributed by atoms with Gasteiger partial charge in [-0.05, 0) is 55.5 Å². The monoisotopic (exact) mass is 411 g/mol. The largest absolute Gasteiger partial charge is 0.326 e. The molecule has 0 atom stereocenters. The number of aromatic nitrogens is 2. The van der Waals surface area contributed by atoms with Crippen molar-refractivity contribution in [1.82, 2.24) is 9.97 Å². The van der Waals surface area contributed by atoms with Crippen LogP contribution in [0.2, 0.25) is 0 Å². The summed E-state index contributed by atoms with van der Waals surface area (Å²) in [6.45, 7) is 1.97. The smallest absolute Gasteiger partial charge is 0.224 e. The number of Topliss-reactive ketones (excluding diaryl/α,β-unsaturated/α-hetero) is 1. The van der Waals surface area contributed by atoms with Gasteiger partial charge in [-0.3, -0.25) is 9.59 Å². The number of nitrogens with one attached hydrogen (secondary N) is 1. The first kappa shape index (κ1) is 19.1. The van der Waals surface area contributed by atoms with E-state index in [1.54, 1.807) is 41.9 Å². The summed E-state index contributed by atoms with van der Waals surface area (Å²) in [5.41, 5.74) is 2.73. The summed E-state index contributed by atoms with van der Waals surface area (Å²) in [4.78, 5) is 35.6. The standard InChI is InChI=1S/C21H21N3O2S2/c1-2-4-18(26)24-14-9-7-13(8-10-14)16(25)11-27-20-19-15-5-3-6-17(15)28-21(19)23-12-22-20/h7-10,12H,2-6,11H2,1H3,(H,24,26). The number of thiophene rings is 1. The number of rotatable bonds is 7. The number of carbonyl (C=O) groups excluding carboxylic acids is 2. The number of thioether (sulfide) groups is 1. The number of nitrogens with zero attached hydrogens (tertiary/aromatic N) is 2. The average Bonchev–Trinajstić information content (AvgIpc) is 3.28. The summed E-state index contributed by atoms with van der Waals surface area (Å²) in [7, 11) is 0. The minimum Gasteiger partial charge on any atom is -0.326 e. The van der Waals surface area contributed by atoms with Crippen LogP contribution in [0.1, 0.15) is 47.0 Å². The molecule has 1 aliphatic rings. The minimum atomic E-state index is -0.00629. The number of anilines is 1. The quantitative estimate of drug-likeness (QED) is 0.340. The molecule has 3 aromatic rings. The fourth-order valence-electron chi connectivity index (χ4n) is 3.42. The minimum absolute atomic E-state index is 0.00629. The maximum atomic E-state index is 12.6. The summed E-state index contributed by atoms with van der Waals surface area (Å²) < 4.78 is 0. The number of benzene rings is 1. The van der Waals surface area contributed by atoms with Crippen LogP contribution >= 0.6 is 23.1 Å². The highest BCUT2D eigenvalue weighted by atomic mass is 32.2. The molecule has 1 amide bonds. The van der Waals surface area contributed by atoms with Crippen LogP contribution in [0, 0.1) is 0 Å². The molecule has 144 valence electrons. The molecule has 28 heavy (non-hydrogen) atoms. The average molecular weight is 412 g/mol. The molecule has 0 spiro atoms. The molecule has 0 unspecified atom stereocenters. The summed E-state index contributed by atoms with van der Waals surface area (Å²) in [5.74, 6) is 0.376. The van der Waals surface area contributed by atoms with Crippen LogP contribution in [0.15, 0.2) is 35.6 Å². The van der Waals surface area contributed by atoms with Gasteiger partial charge in [0.15, 0.2) is 5.78 Å². The number of ketones is 1. The zero-order valence-electron chi connectivity index (χ0n) is 15.7. The third-order valence-corrected chi connectivity index (χ3v) is 6.96. The molecular formula is C21H21N3O2S2. The van der Waals surface area contributed by atoms with Crippen LogP contribution in [0.5, 0.6) is 0 Å². The van der Waals surface area contributed by atoms with Crippen molar-refractivity contribution in [1.29, 1.82) is 0 Å². The van der Waals surface area contributed by atoms with E-state index in [1.807, 2.05) is 6.92 Å². The molecule has 2 aromatic heterocycles. The Kier molecular flexibility index (Phi) is 5.73. The van der Waals surface area contributed by atoms with Gasteiger partial charge < -0.3 is 5.32 Å². The zero-order chi connectivity index (χ0) is 19.5. The SMILES string of the molecule is CCCC(=O)Nc1ccc(C(=O)CSc2ncnc3sc4c(c23)CCC4)cc1. The number of carbonyl (C=O) groups is 2. The highest BCUT2D eigenvalue weighted by molar-refractivity contribution is 8.00. The van der Waals surface area contributed by atoms with E-state index in [1.165, 1.54) is 28.6 Å². The van der Waals surface area contributed by atoms with E-state index in [0.717, 1.165) is 34.5 Å². The third kappa shape index (κ3) is 3.95. The number of aryl methyl sites for hydroxylation is 2. The Morgan fingerprint density at radius 2 is 2.00 bits per heavy atom. The van der Waals surface area contributed by atoms with Gasteiger partial charge in [0.25, 0.3) is 0 Å². The van der Waals surface area contributed by atoms with E-state index in [9.17, 15) is 9.59 Å². The normalized spacial score (nSPS) is 12.9. The Hall–Kier alpha value is -2.25. The number of hydrogen-bond donors (Lipinski definition) is 1. The molecule has 0 bridgehead atoms. The van der Waals surface area contributed by atoms with Crippen molar-refractivity contribution in [3.05, 3.63) is 46.6 Å². The lowest BCUT2D eigenvalue weighted by Gasteiger charge is -2.06. The first-order valence-electron chi connectivity index (χ1n) is 9.47. The van der Waals surface area contributed by atoms with E-state index in [-0.39, 0.29) is 11.7 Å². The van der Waals surface area contributed by atoms with Crippen molar-refractivity contribution in [3.8, 4) is 0 Å². The Bertz CT molecular complexity index is 1030. The topological polar surface area (TPSA) is 72.0 Å². The van der Waals surface area contributed by atoms with Crippen LogP contribution < -0.4 is 5.32 Å². The lowest BCUT2D eigenvalue weighted by molar-refractivity contribution is -0.116. The summed E-state index contributed by atoms with van der Waals surface area (Å²) in [6, 6.07) is 7.09. The van der Waals surface area contributed by atoms with Crippen LogP contribution in [-0.2, 0) is 17.6 Å². The molecule has 1 aliphatic carbocycles. The second kappa shape index (κ2) is 8.41. The Balaban J connectivity index is 1.44. The molecule has 0 fully saturated rings. The number of fused-ring (bicyclic) bond motifs is 3. The van der Waals surface area contributed by atoms with E-state index in [4.69, 9.17) is 0 Å². The van der Waals surface area contributed by atoms with E-state index < -0.39 is 0 Å². The van der Waals surface area contributed by atoms with Gasteiger partial charge in [-0.2, -0.15) is 0 Å². The molecule has 4 rings (SSSR count). The van der Waals surface area contributed by atoms with Crippen molar-refractivity contribution in [3.63, 3.8) is 0 Å². The van der Waals surface area contributed by atoms with E-state index in [2.05, 4.69) is 15.3 Å². The van der Waals surface area contributed by atoms with Gasteiger partial charge in [0.2, 0.25) is 5.91 Å². The van der Waals surface area contributed by atoms with Crippen molar-refractivity contribution < 1.29 is 9.59 Å². The molecule has 0 radical (unpaired) electrons. The first-order valence-corrected chi connectivity index (χ1v) is 11.3. The van der Waals surface area contributed by atoms with Gasteiger partial charge in [0.05, 0.1) is 5.75 Å². The molecular weight excluding hydrogens is 390 g/mol. The Morgan fingerprint density at radius 1 is 1.18 bits per heavy atom. The fourth-order valence-corrected chi connectivity index (χ4v) is 5.63. The number of hydrogen-bond acceptors (Lipinski definition) is 6. The van der Waals surface area contributed by atoms with Crippen molar-refractivity contribution in [2.75, 3.05) is 11.1 Å². The van der Waals surface area contributed by atoms with E-state index in [0.29, 0.717) is 23.4 Å². The van der Waals surface area contributed by atoms with Crippen molar-refractivity contribution in [2.24, 2.45) is 0 Å². The number of amides is 1. The van der Waals surface area contributed by atoms with Gasteiger partial charge >= 0.3 is 0 Å². The molecule has 2 heterocycles. The molecule has 1 N–H and O–H groups in total. The highest BCUT2D eigenvalue weighted by Crippen LogP contribution is 2.40. The predicted molar refractivity (Wildman–Crippen MR) is 114 cm³/mol. The van der Waals surface area contributed by atoms with Crippen LogP contribution in [-0.4, -0.2) is 27.4 Å². The molecule has 0 saturated carbocycles. The van der Waals surface area contributed by atoms with Gasteiger partial charge in [-0.1, -0.05) is 18.7 Å². The summed E-state index contributed by atoms with van der Waals surface area (Å²) in [6.07, 6.45) is 6.29. The highest BCUT2D eigenvalue weighted by Gasteiger charge is 2.21. The zero-order valence-corrected chi connectivity index (χ0v) is 17.3. The molecule has 7 heteroatoms.